The van der Waals surface area contributed by atoms with E-state index in [0.29, 0.717) is 12.8 Å². The highest BCUT2D eigenvalue weighted by molar-refractivity contribution is 7.47. The smallest absolute Gasteiger partial charge is 0.472 e. The number of carbonyl (C=O) groups excluding carboxylic acids is 2. The molecule has 284 valence electrons. The van der Waals surface area contributed by atoms with Crippen molar-refractivity contribution >= 4 is 25.7 Å². The van der Waals surface area contributed by atoms with Gasteiger partial charge < -0.3 is 25.2 Å². The molecule has 0 amide bonds. The molecule has 0 bridgehead atoms. The average Bonchev–Trinajstić information content (AvgIpc) is 3.05. The number of nitrogens with two attached hydrogens (primary N) is 1. The number of carboxylic acid groups (broad SMARTS) is 1. The van der Waals surface area contributed by atoms with E-state index in [9.17, 15) is 23.8 Å². The van der Waals surface area contributed by atoms with Gasteiger partial charge in [0.15, 0.2) is 6.10 Å². The second-order valence-electron chi connectivity index (χ2n) is 13.1. The Morgan fingerprint density at radius 1 is 0.562 bits per heavy atom. The zero-order chi connectivity index (χ0) is 35.7. The van der Waals surface area contributed by atoms with E-state index in [0.717, 1.165) is 38.5 Å². The molecule has 0 aromatic carbocycles. The number of hydrogen-bond acceptors (Lipinski definition) is 9. The number of hydrogen-bond donors (Lipinski definition) is 3. The number of rotatable bonds is 36. The van der Waals surface area contributed by atoms with E-state index < -0.39 is 51.1 Å². The van der Waals surface area contributed by atoms with Gasteiger partial charge in [-0.3, -0.25) is 23.4 Å². The van der Waals surface area contributed by atoms with Gasteiger partial charge in [-0.1, -0.05) is 155 Å². The van der Waals surface area contributed by atoms with Gasteiger partial charge >= 0.3 is 25.7 Å². The predicted molar refractivity (Wildman–Crippen MR) is 190 cm³/mol. The first-order valence-corrected chi connectivity index (χ1v) is 20.6. The van der Waals surface area contributed by atoms with E-state index in [4.69, 9.17) is 24.8 Å². The fraction of sp³-hybridized carbons (Fsp3) is 0.917. The van der Waals surface area contributed by atoms with Gasteiger partial charge in [0.05, 0.1) is 13.2 Å². The minimum atomic E-state index is -4.70. The summed E-state index contributed by atoms with van der Waals surface area (Å²) >= 11 is 0. The van der Waals surface area contributed by atoms with Crippen molar-refractivity contribution < 1.29 is 47.5 Å². The Hall–Kier alpha value is -1.52. The second kappa shape index (κ2) is 32.7. The van der Waals surface area contributed by atoms with Crippen LogP contribution in [0.15, 0.2) is 0 Å². The van der Waals surface area contributed by atoms with Gasteiger partial charge in [-0.25, -0.2) is 4.57 Å². The number of phosphoric acid groups is 1. The number of carbonyl (C=O) groups is 3. The van der Waals surface area contributed by atoms with Crippen molar-refractivity contribution in [3.8, 4) is 0 Å². The van der Waals surface area contributed by atoms with E-state index in [2.05, 4.69) is 18.4 Å². The minimum Gasteiger partial charge on any atom is -0.480 e. The van der Waals surface area contributed by atoms with Gasteiger partial charge in [0.1, 0.15) is 12.6 Å². The molecular formula is C36H70NO10P. The minimum absolute atomic E-state index is 0.169. The molecule has 0 aromatic rings. The maximum Gasteiger partial charge on any atom is 0.472 e. The zero-order valence-corrected chi connectivity index (χ0v) is 31.2. The third-order valence-corrected chi connectivity index (χ3v) is 9.31. The zero-order valence-electron chi connectivity index (χ0n) is 30.3. The first kappa shape index (κ1) is 46.5. The van der Waals surface area contributed by atoms with E-state index in [-0.39, 0.29) is 19.4 Å². The molecule has 3 atom stereocenters. The Bertz CT molecular complexity index is 844. The number of esters is 2. The predicted octanol–water partition coefficient (Wildman–Crippen LogP) is 9.17. The lowest BCUT2D eigenvalue weighted by atomic mass is 10.0. The van der Waals surface area contributed by atoms with Crippen molar-refractivity contribution in [1.29, 1.82) is 0 Å². The van der Waals surface area contributed by atoms with Crippen LogP contribution < -0.4 is 5.73 Å². The number of carboxylic acids is 1. The molecule has 4 N–H and O–H groups in total. The van der Waals surface area contributed by atoms with Crippen molar-refractivity contribution in [3.63, 3.8) is 0 Å². The fourth-order valence-electron chi connectivity index (χ4n) is 5.30. The van der Waals surface area contributed by atoms with E-state index in [1.165, 1.54) is 103 Å². The molecule has 0 aliphatic carbocycles. The number of ether oxygens (including phenoxy) is 2. The Morgan fingerprint density at radius 2 is 0.917 bits per heavy atom. The molecule has 0 saturated carbocycles. The number of unbranched alkanes of at least 4 members (excludes halogenated alkanes) is 22. The van der Waals surface area contributed by atoms with E-state index in [1.54, 1.807) is 0 Å². The summed E-state index contributed by atoms with van der Waals surface area (Å²) in [5.74, 6) is -2.37. The highest BCUT2D eigenvalue weighted by Gasteiger charge is 2.28. The van der Waals surface area contributed by atoms with Crippen molar-refractivity contribution in [2.75, 3.05) is 19.8 Å². The van der Waals surface area contributed by atoms with Crippen molar-refractivity contribution in [2.45, 2.75) is 193 Å². The van der Waals surface area contributed by atoms with E-state index >= 15 is 0 Å². The summed E-state index contributed by atoms with van der Waals surface area (Å²) in [6.45, 7) is 2.77. The van der Waals surface area contributed by atoms with Crippen LogP contribution in [0.25, 0.3) is 0 Å². The monoisotopic (exact) mass is 707 g/mol. The highest BCUT2D eigenvalue weighted by atomic mass is 31.2. The Labute approximate surface area is 291 Å². The van der Waals surface area contributed by atoms with Gasteiger partial charge in [-0.05, 0) is 12.8 Å². The molecule has 11 nitrogen and oxygen atoms in total. The van der Waals surface area contributed by atoms with Gasteiger partial charge in [-0.2, -0.15) is 0 Å². The second-order valence-corrected chi connectivity index (χ2v) is 14.5. The molecule has 0 radical (unpaired) electrons. The quantitative estimate of drug-likeness (QED) is 0.0322. The van der Waals surface area contributed by atoms with Crippen LogP contribution in [0, 0.1) is 0 Å². The van der Waals surface area contributed by atoms with Crippen molar-refractivity contribution in [1.82, 2.24) is 0 Å². The molecule has 0 fully saturated rings. The molecule has 0 rings (SSSR count). The first-order valence-electron chi connectivity index (χ1n) is 19.1. The summed E-state index contributed by atoms with van der Waals surface area (Å²) in [5.41, 5.74) is 5.31. The van der Waals surface area contributed by atoms with Crippen LogP contribution in [0.5, 0.6) is 0 Å². The lowest BCUT2D eigenvalue weighted by Crippen LogP contribution is -2.34. The van der Waals surface area contributed by atoms with Crippen LogP contribution in [0.2, 0.25) is 0 Å². The summed E-state index contributed by atoms with van der Waals surface area (Å²) in [5, 5.41) is 8.84. The Balaban J connectivity index is 4.35. The van der Waals surface area contributed by atoms with Crippen LogP contribution in [0.4, 0.5) is 0 Å². The SMILES string of the molecule is CCCCCCCCCCCCCCCCCCC(=O)OC(COC(=O)CCCCCCCCCC)COP(=O)(O)OCC(N)C(=O)O. The lowest BCUT2D eigenvalue weighted by Gasteiger charge is -2.20. The van der Waals surface area contributed by atoms with Gasteiger partial charge in [0.2, 0.25) is 0 Å². The normalized spacial score (nSPS) is 13.9. The molecule has 48 heavy (non-hydrogen) atoms. The third-order valence-electron chi connectivity index (χ3n) is 8.36. The van der Waals surface area contributed by atoms with Gasteiger partial charge in [0.25, 0.3) is 0 Å². The van der Waals surface area contributed by atoms with Crippen molar-refractivity contribution in [3.05, 3.63) is 0 Å². The molecule has 0 heterocycles. The van der Waals surface area contributed by atoms with Gasteiger partial charge in [0, 0.05) is 12.8 Å². The van der Waals surface area contributed by atoms with Crippen LogP contribution in [0.1, 0.15) is 181 Å². The van der Waals surface area contributed by atoms with Crippen molar-refractivity contribution in [2.24, 2.45) is 5.73 Å². The fourth-order valence-corrected chi connectivity index (χ4v) is 6.08. The first-order chi connectivity index (χ1) is 23.1. The molecule has 0 saturated heterocycles. The molecule has 0 aliphatic heterocycles. The molecular weight excluding hydrogens is 637 g/mol. The summed E-state index contributed by atoms with van der Waals surface area (Å²) in [4.78, 5) is 45.6. The van der Waals surface area contributed by atoms with Crippen LogP contribution in [-0.4, -0.2) is 59.9 Å². The maximum absolute atomic E-state index is 12.5. The third kappa shape index (κ3) is 31.7. The average molecular weight is 708 g/mol. The lowest BCUT2D eigenvalue weighted by molar-refractivity contribution is -0.161. The molecule has 12 heteroatoms. The highest BCUT2D eigenvalue weighted by Crippen LogP contribution is 2.43. The summed E-state index contributed by atoms with van der Waals surface area (Å²) < 4.78 is 32.5. The van der Waals surface area contributed by atoms with Crippen LogP contribution >= 0.6 is 7.82 Å². The topological polar surface area (TPSA) is 172 Å². The standard InChI is InChI=1S/C36H70NO10P/c1-3-5-7-9-11-13-14-15-16-17-18-19-20-22-24-26-28-35(39)47-32(30-45-48(42,43)46-31-33(37)36(40)41)29-44-34(38)27-25-23-21-12-10-8-6-4-2/h32-33H,3-31,37H2,1-2H3,(H,40,41)(H,42,43). The molecule has 0 spiro atoms. The molecule has 3 unspecified atom stereocenters. The number of aliphatic carboxylic acids is 1. The van der Waals surface area contributed by atoms with Crippen LogP contribution in [0.3, 0.4) is 0 Å². The largest absolute Gasteiger partial charge is 0.480 e. The van der Waals surface area contributed by atoms with E-state index in [1.807, 2.05) is 0 Å². The summed E-state index contributed by atoms with van der Waals surface area (Å²) in [6, 6.07) is -1.51. The van der Waals surface area contributed by atoms with Crippen LogP contribution in [-0.2, 0) is 37.5 Å². The molecule has 0 aromatic heterocycles. The molecule has 0 aliphatic rings. The summed E-state index contributed by atoms with van der Waals surface area (Å²) in [6.07, 6.45) is 27.6. The Morgan fingerprint density at radius 3 is 1.31 bits per heavy atom. The maximum atomic E-state index is 12.5. The summed E-state index contributed by atoms with van der Waals surface area (Å²) in [7, 11) is -4.70. The van der Waals surface area contributed by atoms with Gasteiger partial charge in [-0.15, -0.1) is 0 Å². The number of phosphoric ester groups is 1. The Kier molecular flexibility index (Phi) is 31.6.